The predicted molar refractivity (Wildman–Crippen MR) is 91.4 cm³/mol. The predicted octanol–water partition coefficient (Wildman–Crippen LogP) is 2.15. The van der Waals surface area contributed by atoms with Gasteiger partial charge in [-0.25, -0.2) is 4.79 Å². The number of urea groups is 1. The summed E-state index contributed by atoms with van der Waals surface area (Å²) < 4.78 is 5.24. The van der Waals surface area contributed by atoms with Gasteiger partial charge in [0.2, 0.25) is 5.89 Å². The highest BCUT2D eigenvalue weighted by atomic mass is 16.5. The Morgan fingerprint density at radius 1 is 1.28 bits per heavy atom. The second kappa shape index (κ2) is 7.33. The summed E-state index contributed by atoms with van der Waals surface area (Å²) in [5.74, 6) is 1.10. The number of benzene rings is 1. The van der Waals surface area contributed by atoms with Crippen LogP contribution >= 0.6 is 0 Å². The molecule has 3 rings (SSSR count). The van der Waals surface area contributed by atoms with Gasteiger partial charge in [-0.05, 0) is 44.0 Å². The molecule has 2 heterocycles. The molecule has 0 bridgehead atoms. The van der Waals surface area contributed by atoms with Crippen LogP contribution in [0.4, 0.5) is 10.5 Å². The smallest absolute Gasteiger partial charge is 0.321 e. The first kappa shape index (κ1) is 16.9. The van der Waals surface area contributed by atoms with Crippen molar-refractivity contribution in [2.45, 2.75) is 25.7 Å². The average molecular weight is 343 g/mol. The summed E-state index contributed by atoms with van der Waals surface area (Å²) >= 11 is 0. The maximum Gasteiger partial charge on any atom is 0.321 e. The summed E-state index contributed by atoms with van der Waals surface area (Å²) in [6, 6.07) is 6.61. The highest BCUT2D eigenvalue weighted by Crippen LogP contribution is 2.26. The van der Waals surface area contributed by atoms with Gasteiger partial charge < -0.3 is 20.1 Å². The van der Waals surface area contributed by atoms with Gasteiger partial charge in [-0.15, -0.1) is 0 Å². The summed E-state index contributed by atoms with van der Waals surface area (Å²) in [6.07, 6.45) is 1.81. The topological polar surface area (TPSA) is 100 Å². The molecule has 1 aromatic carbocycles. The lowest BCUT2D eigenvalue weighted by atomic mass is 9.98. The molecule has 2 aromatic rings. The number of nitrogens with zero attached hydrogens (tertiary/aromatic N) is 3. The van der Waals surface area contributed by atoms with Gasteiger partial charge in [0.05, 0.1) is 5.92 Å². The maximum atomic E-state index is 12.5. The number of likely N-dealkylation sites (tertiary alicyclic amines) is 1. The molecule has 1 saturated heterocycles. The summed E-state index contributed by atoms with van der Waals surface area (Å²) in [5.41, 5.74) is 1.19. The zero-order valence-electron chi connectivity index (χ0n) is 14.3. The van der Waals surface area contributed by atoms with E-state index >= 15 is 0 Å². The SMILES string of the molecule is CNC(=O)c1ccc(NC(=O)N2CCC[C@@H](c3nc(C)no3)C2)cc1. The zero-order valence-corrected chi connectivity index (χ0v) is 14.3. The second-order valence-corrected chi connectivity index (χ2v) is 6.05. The number of piperidine rings is 1. The Bertz CT molecular complexity index is 756. The van der Waals surface area contributed by atoms with Crippen LogP contribution in [-0.4, -0.2) is 47.1 Å². The molecule has 1 atom stereocenters. The van der Waals surface area contributed by atoms with Gasteiger partial charge >= 0.3 is 6.03 Å². The summed E-state index contributed by atoms with van der Waals surface area (Å²) in [6.45, 7) is 3.01. The minimum absolute atomic E-state index is 0.0660. The lowest BCUT2D eigenvalue weighted by molar-refractivity contribution is 0.0963. The molecule has 1 aliphatic heterocycles. The molecule has 0 saturated carbocycles. The number of hydrogen-bond donors (Lipinski definition) is 2. The summed E-state index contributed by atoms with van der Waals surface area (Å²) in [7, 11) is 1.58. The fourth-order valence-electron chi connectivity index (χ4n) is 2.89. The van der Waals surface area contributed by atoms with Gasteiger partial charge in [-0.1, -0.05) is 5.16 Å². The van der Waals surface area contributed by atoms with Gasteiger partial charge in [0, 0.05) is 31.4 Å². The van der Waals surface area contributed by atoms with Gasteiger partial charge in [0.15, 0.2) is 5.82 Å². The first-order chi connectivity index (χ1) is 12.1. The van der Waals surface area contributed by atoms with E-state index in [1.165, 1.54) is 0 Å². The van der Waals surface area contributed by atoms with Crippen molar-refractivity contribution in [3.05, 3.63) is 41.5 Å². The van der Waals surface area contributed by atoms with Crippen molar-refractivity contribution in [2.75, 3.05) is 25.5 Å². The van der Waals surface area contributed by atoms with E-state index in [9.17, 15) is 9.59 Å². The minimum atomic E-state index is -0.173. The Kier molecular flexibility index (Phi) is 4.97. The van der Waals surface area contributed by atoms with Crippen LogP contribution < -0.4 is 10.6 Å². The maximum absolute atomic E-state index is 12.5. The third-order valence-corrected chi connectivity index (χ3v) is 4.23. The lowest BCUT2D eigenvalue weighted by Crippen LogP contribution is -2.41. The van der Waals surface area contributed by atoms with Crippen LogP contribution in [0.2, 0.25) is 0 Å². The van der Waals surface area contributed by atoms with E-state index in [0.717, 1.165) is 12.8 Å². The normalized spacial score (nSPS) is 17.2. The van der Waals surface area contributed by atoms with E-state index in [1.54, 1.807) is 43.1 Å². The van der Waals surface area contributed by atoms with Crippen molar-refractivity contribution in [3.8, 4) is 0 Å². The number of carbonyl (C=O) groups excluding carboxylic acids is 2. The number of aromatic nitrogens is 2. The quantitative estimate of drug-likeness (QED) is 0.889. The first-order valence-corrected chi connectivity index (χ1v) is 8.25. The van der Waals surface area contributed by atoms with E-state index in [4.69, 9.17) is 4.52 Å². The Morgan fingerprint density at radius 3 is 2.68 bits per heavy atom. The molecule has 0 aliphatic carbocycles. The van der Waals surface area contributed by atoms with Crippen LogP contribution in [0, 0.1) is 6.92 Å². The highest BCUT2D eigenvalue weighted by Gasteiger charge is 2.28. The molecule has 8 nitrogen and oxygen atoms in total. The zero-order chi connectivity index (χ0) is 17.8. The molecule has 2 N–H and O–H groups in total. The van der Waals surface area contributed by atoms with Crippen LogP contribution in [0.3, 0.4) is 0 Å². The van der Waals surface area contributed by atoms with Crippen molar-refractivity contribution < 1.29 is 14.1 Å². The van der Waals surface area contributed by atoms with E-state index < -0.39 is 0 Å². The van der Waals surface area contributed by atoms with Crippen LogP contribution in [0.25, 0.3) is 0 Å². The minimum Gasteiger partial charge on any atom is -0.355 e. The monoisotopic (exact) mass is 343 g/mol. The number of carbonyl (C=O) groups is 2. The highest BCUT2D eigenvalue weighted by molar-refractivity contribution is 5.95. The Morgan fingerprint density at radius 2 is 2.04 bits per heavy atom. The van der Waals surface area contributed by atoms with E-state index in [1.807, 2.05) is 0 Å². The van der Waals surface area contributed by atoms with Crippen molar-refractivity contribution in [1.82, 2.24) is 20.4 Å². The Balaban J connectivity index is 1.61. The molecular formula is C17H21N5O3. The number of hydrogen-bond acceptors (Lipinski definition) is 5. The molecule has 8 heteroatoms. The molecular weight excluding hydrogens is 322 g/mol. The number of amides is 3. The first-order valence-electron chi connectivity index (χ1n) is 8.25. The van der Waals surface area contributed by atoms with Gasteiger partial charge in [-0.3, -0.25) is 4.79 Å². The van der Waals surface area contributed by atoms with E-state index in [2.05, 4.69) is 20.8 Å². The second-order valence-electron chi connectivity index (χ2n) is 6.05. The molecule has 25 heavy (non-hydrogen) atoms. The molecule has 0 radical (unpaired) electrons. The van der Waals surface area contributed by atoms with Crippen LogP contribution in [0.5, 0.6) is 0 Å². The standard InChI is InChI=1S/C17H21N5O3/c1-11-19-16(25-21-11)13-4-3-9-22(10-13)17(24)20-14-7-5-12(6-8-14)15(23)18-2/h5-8,13H,3-4,9-10H2,1-2H3,(H,18,23)(H,20,24)/t13-/m1/s1. The number of aryl methyl sites for hydroxylation is 1. The molecule has 1 aromatic heterocycles. The Labute approximate surface area is 145 Å². The van der Waals surface area contributed by atoms with Gasteiger partial charge in [0.25, 0.3) is 5.91 Å². The average Bonchev–Trinajstić information content (AvgIpc) is 3.08. The Hall–Kier alpha value is -2.90. The number of nitrogens with one attached hydrogen (secondary N) is 2. The van der Waals surface area contributed by atoms with Crippen molar-refractivity contribution in [2.24, 2.45) is 0 Å². The molecule has 1 aliphatic rings. The van der Waals surface area contributed by atoms with Gasteiger partial charge in [0.1, 0.15) is 0 Å². The number of rotatable bonds is 3. The fourth-order valence-corrected chi connectivity index (χ4v) is 2.89. The molecule has 1 fully saturated rings. The van der Waals surface area contributed by atoms with Crippen LogP contribution in [0.15, 0.2) is 28.8 Å². The van der Waals surface area contributed by atoms with Crippen LogP contribution in [-0.2, 0) is 0 Å². The molecule has 3 amide bonds. The van der Waals surface area contributed by atoms with Crippen molar-refractivity contribution in [1.29, 1.82) is 0 Å². The largest absolute Gasteiger partial charge is 0.355 e. The van der Waals surface area contributed by atoms with Gasteiger partial charge in [-0.2, -0.15) is 4.98 Å². The molecule has 0 spiro atoms. The molecule has 0 unspecified atom stereocenters. The lowest BCUT2D eigenvalue weighted by Gasteiger charge is -2.31. The third-order valence-electron chi connectivity index (χ3n) is 4.23. The summed E-state index contributed by atoms with van der Waals surface area (Å²) in [4.78, 5) is 30.1. The van der Waals surface area contributed by atoms with E-state index in [0.29, 0.717) is 36.1 Å². The van der Waals surface area contributed by atoms with Crippen molar-refractivity contribution in [3.63, 3.8) is 0 Å². The fraction of sp³-hybridized carbons (Fsp3) is 0.412. The summed E-state index contributed by atoms with van der Waals surface area (Å²) in [5, 5.41) is 9.24. The molecule has 132 valence electrons. The van der Waals surface area contributed by atoms with Crippen molar-refractivity contribution >= 4 is 17.6 Å². The van der Waals surface area contributed by atoms with E-state index in [-0.39, 0.29) is 17.9 Å². The number of anilines is 1. The third kappa shape index (κ3) is 3.96. The van der Waals surface area contributed by atoms with Crippen LogP contribution in [0.1, 0.15) is 40.8 Å².